The number of benzene rings is 3. The van der Waals surface area contributed by atoms with Crippen LogP contribution in [0.15, 0.2) is 79.1 Å². The zero-order valence-electron chi connectivity index (χ0n) is 16.6. The molecule has 6 nitrogen and oxygen atoms in total. The Balaban J connectivity index is 1.65. The average molecular weight is 398 g/mol. The summed E-state index contributed by atoms with van der Waals surface area (Å²) in [6, 6.07) is 23.3. The minimum Gasteiger partial charge on any atom is -0.465 e. The van der Waals surface area contributed by atoms with E-state index in [1.54, 1.807) is 18.5 Å². The number of esters is 1. The van der Waals surface area contributed by atoms with Gasteiger partial charge in [0.1, 0.15) is 12.1 Å². The zero-order valence-corrected chi connectivity index (χ0v) is 16.6. The SMILES string of the molecule is COC(=O)c1ccc(C(CNc2ncnc3ccc(N)cc23)c2ccccc2)cc1. The van der Waals surface area contributed by atoms with Crippen LogP contribution in [0.25, 0.3) is 10.9 Å². The fourth-order valence-corrected chi connectivity index (χ4v) is 3.50. The van der Waals surface area contributed by atoms with Crippen molar-refractivity contribution in [3.8, 4) is 0 Å². The van der Waals surface area contributed by atoms with Crippen molar-refractivity contribution in [2.75, 3.05) is 24.7 Å². The molecule has 0 bridgehead atoms. The van der Waals surface area contributed by atoms with Crippen molar-refractivity contribution in [2.24, 2.45) is 0 Å². The van der Waals surface area contributed by atoms with Crippen molar-refractivity contribution in [3.63, 3.8) is 0 Å². The number of fused-ring (bicyclic) bond motifs is 1. The molecule has 4 rings (SSSR count). The van der Waals surface area contributed by atoms with Crippen molar-refractivity contribution in [1.29, 1.82) is 0 Å². The van der Waals surface area contributed by atoms with Crippen LogP contribution in [-0.2, 0) is 4.74 Å². The van der Waals surface area contributed by atoms with E-state index in [1.807, 2.05) is 48.5 Å². The number of nitrogen functional groups attached to an aromatic ring is 1. The van der Waals surface area contributed by atoms with E-state index in [0.29, 0.717) is 17.8 Å². The van der Waals surface area contributed by atoms with Crippen molar-refractivity contribution >= 4 is 28.4 Å². The maximum absolute atomic E-state index is 11.8. The van der Waals surface area contributed by atoms with Gasteiger partial charge in [0.2, 0.25) is 0 Å². The van der Waals surface area contributed by atoms with E-state index in [4.69, 9.17) is 10.5 Å². The van der Waals surface area contributed by atoms with Crippen molar-refractivity contribution in [2.45, 2.75) is 5.92 Å². The fraction of sp³-hybridized carbons (Fsp3) is 0.125. The Bertz CT molecular complexity index is 1160. The smallest absolute Gasteiger partial charge is 0.337 e. The van der Waals surface area contributed by atoms with Crippen molar-refractivity contribution < 1.29 is 9.53 Å². The van der Waals surface area contributed by atoms with Gasteiger partial charge in [-0.05, 0) is 41.5 Å². The van der Waals surface area contributed by atoms with Crippen LogP contribution in [0.3, 0.4) is 0 Å². The first kappa shape index (κ1) is 19.4. The lowest BCUT2D eigenvalue weighted by Gasteiger charge is -2.20. The van der Waals surface area contributed by atoms with E-state index in [-0.39, 0.29) is 11.9 Å². The molecule has 30 heavy (non-hydrogen) atoms. The number of nitrogens with zero attached hydrogens (tertiary/aromatic N) is 2. The summed E-state index contributed by atoms with van der Waals surface area (Å²) in [6.45, 7) is 0.614. The second-order valence-corrected chi connectivity index (χ2v) is 6.96. The number of nitrogens with one attached hydrogen (secondary N) is 1. The van der Waals surface area contributed by atoms with Crippen LogP contribution in [0.5, 0.6) is 0 Å². The minimum absolute atomic E-state index is 0.0592. The highest BCUT2D eigenvalue weighted by Gasteiger charge is 2.16. The minimum atomic E-state index is -0.346. The molecule has 0 saturated carbocycles. The van der Waals surface area contributed by atoms with E-state index in [1.165, 1.54) is 7.11 Å². The molecule has 1 heterocycles. The first-order chi connectivity index (χ1) is 14.7. The number of nitrogens with two attached hydrogens (primary N) is 1. The second-order valence-electron chi connectivity index (χ2n) is 6.96. The summed E-state index contributed by atoms with van der Waals surface area (Å²) in [5, 5.41) is 4.34. The lowest BCUT2D eigenvalue weighted by Crippen LogP contribution is -2.15. The average Bonchev–Trinajstić information content (AvgIpc) is 2.80. The zero-order chi connectivity index (χ0) is 20.9. The normalized spacial score (nSPS) is 11.8. The van der Waals surface area contributed by atoms with Gasteiger partial charge in [-0.3, -0.25) is 0 Å². The summed E-state index contributed by atoms with van der Waals surface area (Å²) in [7, 11) is 1.38. The van der Waals surface area contributed by atoms with Gasteiger partial charge in [-0.15, -0.1) is 0 Å². The highest BCUT2D eigenvalue weighted by atomic mass is 16.5. The summed E-state index contributed by atoms with van der Waals surface area (Å²) in [5.41, 5.74) is 10.2. The fourth-order valence-electron chi connectivity index (χ4n) is 3.50. The molecule has 0 spiro atoms. The molecule has 0 amide bonds. The molecule has 3 N–H and O–H groups in total. The Labute approximate surface area is 174 Å². The molecule has 0 fully saturated rings. The van der Waals surface area contributed by atoms with Crippen molar-refractivity contribution in [1.82, 2.24) is 9.97 Å². The van der Waals surface area contributed by atoms with Crippen LogP contribution in [0.1, 0.15) is 27.4 Å². The molecule has 6 heteroatoms. The number of methoxy groups -OCH3 is 1. The highest BCUT2D eigenvalue weighted by molar-refractivity contribution is 5.91. The lowest BCUT2D eigenvalue weighted by molar-refractivity contribution is 0.0600. The van der Waals surface area contributed by atoms with E-state index < -0.39 is 0 Å². The number of carbonyl (C=O) groups excluding carboxylic acids is 1. The van der Waals surface area contributed by atoms with Gasteiger partial charge in [0.05, 0.1) is 18.2 Å². The third-order valence-corrected chi connectivity index (χ3v) is 5.07. The first-order valence-electron chi connectivity index (χ1n) is 9.63. The standard InChI is InChI=1S/C24H22N4O2/c1-30-24(29)18-9-7-17(8-10-18)21(16-5-3-2-4-6-16)14-26-23-20-13-19(25)11-12-22(20)27-15-28-23/h2-13,15,21H,14,25H2,1H3,(H,26,27,28). The third kappa shape index (κ3) is 4.07. The van der Waals surface area contributed by atoms with Crippen molar-refractivity contribution in [3.05, 3.63) is 95.8 Å². The van der Waals surface area contributed by atoms with Crippen LogP contribution >= 0.6 is 0 Å². The Kier molecular flexibility index (Phi) is 5.57. The molecule has 1 unspecified atom stereocenters. The van der Waals surface area contributed by atoms with E-state index >= 15 is 0 Å². The molecule has 0 aliphatic rings. The van der Waals surface area contributed by atoms with Gasteiger partial charge in [-0.25, -0.2) is 14.8 Å². The molecule has 0 aliphatic heterocycles. The Morgan fingerprint density at radius 2 is 1.73 bits per heavy atom. The Hall–Kier alpha value is -3.93. The number of ether oxygens (including phenoxy) is 1. The van der Waals surface area contributed by atoms with E-state index in [9.17, 15) is 4.79 Å². The van der Waals surface area contributed by atoms with Crippen LogP contribution in [0.2, 0.25) is 0 Å². The predicted molar refractivity (Wildman–Crippen MR) is 119 cm³/mol. The van der Waals surface area contributed by atoms with Gasteiger partial charge < -0.3 is 15.8 Å². The molecule has 1 atom stereocenters. The summed E-state index contributed by atoms with van der Waals surface area (Å²) in [4.78, 5) is 20.5. The molecule has 3 aromatic carbocycles. The molecule has 1 aromatic heterocycles. The summed E-state index contributed by atoms with van der Waals surface area (Å²) >= 11 is 0. The molecule has 0 radical (unpaired) electrons. The van der Waals surface area contributed by atoms with Gasteiger partial charge in [0.25, 0.3) is 0 Å². The van der Waals surface area contributed by atoms with E-state index in [2.05, 4.69) is 27.4 Å². The van der Waals surface area contributed by atoms with Crippen LogP contribution in [0, 0.1) is 0 Å². The lowest BCUT2D eigenvalue weighted by atomic mass is 9.90. The monoisotopic (exact) mass is 398 g/mol. The molecule has 0 aliphatic carbocycles. The summed E-state index contributed by atoms with van der Waals surface area (Å²) in [6.07, 6.45) is 1.55. The number of aromatic nitrogens is 2. The molecule has 150 valence electrons. The second kappa shape index (κ2) is 8.61. The number of carbonyl (C=O) groups is 1. The quantitative estimate of drug-likeness (QED) is 0.373. The van der Waals surface area contributed by atoms with Gasteiger partial charge in [-0.2, -0.15) is 0 Å². The molecular formula is C24H22N4O2. The number of hydrogen-bond donors (Lipinski definition) is 2. The molecule has 0 saturated heterocycles. The van der Waals surface area contributed by atoms with Gasteiger partial charge in [0.15, 0.2) is 0 Å². The van der Waals surface area contributed by atoms with Crippen LogP contribution in [0.4, 0.5) is 11.5 Å². The number of rotatable bonds is 6. The van der Waals surface area contributed by atoms with Gasteiger partial charge >= 0.3 is 5.97 Å². The maximum Gasteiger partial charge on any atom is 0.337 e. The van der Waals surface area contributed by atoms with E-state index in [0.717, 1.165) is 27.8 Å². The summed E-state index contributed by atoms with van der Waals surface area (Å²) < 4.78 is 4.80. The Morgan fingerprint density at radius 1 is 1.00 bits per heavy atom. The molecule has 4 aromatic rings. The molecular weight excluding hydrogens is 376 g/mol. The van der Waals surface area contributed by atoms with Crippen LogP contribution < -0.4 is 11.1 Å². The maximum atomic E-state index is 11.8. The van der Waals surface area contributed by atoms with Gasteiger partial charge in [-0.1, -0.05) is 42.5 Å². The summed E-state index contributed by atoms with van der Waals surface area (Å²) in [5.74, 6) is 0.448. The topological polar surface area (TPSA) is 90.1 Å². The third-order valence-electron chi connectivity index (χ3n) is 5.07. The predicted octanol–water partition coefficient (Wildman–Crippen LogP) is 4.24. The number of hydrogen-bond acceptors (Lipinski definition) is 6. The highest BCUT2D eigenvalue weighted by Crippen LogP contribution is 2.27. The largest absolute Gasteiger partial charge is 0.465 e. The number of anilines is 2. The first-order valence-corrected chi connectivity index (χ1v) is 9.63. The van der Waals surface area contributed by atoms with Gasteiger partial charge in [0, 0.05) is 23.5 Å². The Morgan fingerprint density at radius 3 is 2.47 bits per heavy atom. The van der Waals surface area contributed by atoms with Crippen LogP contribution in [-0.4, -0.2) is 29.6 Å².